The molecule has 3 heterocycles. The third-order valence-corrected chi connectivity index (χ3v) is 14.1. The van der Waals surface area contributed by atoms with E-state index in [2.05, 4.69) is 62.1 Å². The van der Waals surface area contributed by atoms with Crippen LogP contribution in [0.1, 0.15) is 66.9 Å². The van der Waals surface area contributed by atoms with Crippen LogP contribution in [0.3, 0.4) is 0 Å². The molecule has 4 rings (SSSR count). The van der Waals surface area contributed by atoms with Gasteiger partial charge in [0.2, 0.25) is 5.95 Å². The van der Waals surface area contributed by atoms with Crippen LogP contribution >= 0.6 is 0 Å². The zero-order chi connectivity index (χ0) is 28.3. The molecule has 2 N–H and O–H groups in total. The molecule has 0 bridgehead atoms. The fourth-order valence-corrected chi connectivity index (χ4v) is 11.7. The molecule has 39 heavy (non-hydrogen) atoms. The monoisotopic (exact) mass is 549 g/mol. The summed E-state index contributed by atoms with van der Waals surface area (Å²) in [5.41, 5.74) is 11.7. The van der Waals surface area contributed by atoms with Crippen molar-refractivity contribution in [3.8, 4) is 22.6 Å². The number of nitrogens with two attached hydrogens (primary N) is 1. The molecule has 210 valence electrons. The van der Waals surface area contributed by atoms with E-state index in [1.165, 1.54) is 0 Å². The number of hydrogen-bond donors (Lipinski definition) is 1. The van der Waals surface area contributed by atoms with Crippen LogP contribution in [0.5, 0.6) is 0 Å². The number of rotatable bonds is 12. The summed E-state index contributed by atoms with van der Waals surface area (Å²) >= 11 is 0. The minimum Gasteiger partial charge on any atom is -0.464 e. The van der Waals surface area contributed by atoms with E-state index in [-0.39, 0.29) is 12.2 Å². The number of imidazole rings is 1. The predicted molar refractivity (Wildman–Crippen MR) is 160 cm³/mol. The molecular formula is C30H43N5O3Si. The van der Waals surface area contributed by atoms with Crippen LogP contribution < -0.4 is 5.73 Å². The average Bonchev–Trinajstić information content (AvgIpc) is 3.52. The van der Waals surface area contributed by atoms with Crippen molar-refractivity contribution in [2.75, 3.05) is 19.5 Å². The van der Waals surface area contributed by atoms with Crippen LogP contribution in [0.15, 0.2) is 47.2 Å². The number of anilines is 1. The molecule has 1 atom stereocenters. The van der Waals surface area contributed by atoms with Crippen molar-refractivity contribution in [2.45, 2.75) is 84.2 Å². The largest absolute Gasteiger partial charge is 0.464 e. The number of ether oxygens (including phenoxy) is 1. The number of nitrogens with zero attached hydrogens (tertiary/aromatic N) is 4. The van der Waals surface area contributed by atoms with Gasteiger partial charge in [0, 0.05) is 37.3 Å². The second kappa shape index (κ2) is 12.0. The first-order valence-electron chi connectivity index (χ1n) is 13.9. The summed E-state index contributed by atoms with van der Waals surface area (Å²) in [6, 6.07) is 9.95. The summed E-state index contributed by atoms with van der Waals surface area (Å²) in [5, 5.41) is 1.04. The maximum Gasteiger partial charge on any atom is 0.220 e. The summed E-state index contributed by atoms with van der Waals surface area (Å²) in [6.45, 7) is 16.6. The summed E-state index contributed by atoms with van der Waals surface area (Å²) in [6.07, 6.45) is 4.70. The lowest BCUT2D eigenvalue weighted by Crippen LogP contribution is -2.48. The third-order valence-electron chi connectivity index (χ3n) is 7.94. The number of aromatic nitrogens is 4. The number of furan rings is 1. The highest BCUT2D eigenvalue weighted by molar-refractivity contribution is 6.77. The van der Waals surface area contributed by atoms with Crippen molar-refractivity contribution in [1.29, 1.82) is 0 Å². The normalized spacial score (nSPS) is 13.3. The molecule has 0 amide bonds. The highest BCUT2D eigenvalue weighted by Crippen LogP contribution is 2.42. The Morgan fingerprint density at radius 2 is 1.69 bits per heavy atom. The van der Waals surface area contributed by atoms with E-state index >= 15 is 0 Å². The standard InChI is InChI=1S/C30H43N5O3Si/c1-19(2)39(20(3)4,21(5)6)38-16-9-10-27-34-28(24-12-11-23-14-17-37-26(23)18-24)29(35(27)22(7)36-8)25-13-15-32-30(31)33-25/h11-15,17-22H,9-10,16H2,1-8H3,(H2,31,32,33). The topological polar surface area (TPSA) is 101 Å². The maximum absolute atomic E-state index is 6.84. The molecule has 0 aliphatic heterocycles. The van der Waals surface area contributed by atoms with Gasteiger partial charge in [0.05, 0.1) is 23.3 Å². The lowest BCUT2D eigenvalue weighted by Gasteiger charge is -2.42. The molecule has 0 spiro atoms. The van der Waals surface area contributed by atoms with Crippen LogP contribution in [0, 0.1) is 0 Å². The smallest absolute Gasteiger partial charge is 0.220 e. The first-order chi connectivity index (χ1) is 18.6. The van der Waals surface area contributed by atoms with Crippen LogP contribution in [0.4, 0.5) is 5.95 Å². The van der Waals surface area contributed by atoms with Gasteiger partial charge in [0.15, 0.2) is 8.32 Å². The lowest BCUT2D eigenvalue weighted by atomic mass is 10.1. The second-order valence-corrected chi connectivity index (χ2v) is 16.6. The predicted octanol–water partition coefficient (Wildman–Crippen LogP) is 7.63. The van der Waals surface area contributed by atoms with Crippen LogP contribution in [0.25, 0.3) is 33.6 Å². The molecule has 9 heteroatoms. The van der Waals surface area contributed by atoms with Crippen molar-refractivity contribution in [2.24, 2.45) is 0 Å². The lowest BCUT2D eigenvalue weighted by molar-refractivity contribution is 0.0591. The zero-order valence-electron chi connectivity index (χ0n) is 24.6. The van der Waals surface area contributed by atoms with Crippen LogP contribution in [0.2, 0.25) is 16.6 Å². The average molecular weight is 550 g/mol. The zero-order valence-corrected chi connectivity index (χ0v) is 25.6. The number of benzene rings is 1. The number of hydrogen-bond acceptors (Lipinski definition) is 7. The summed E-state index contributed by atoms with van der Waals surface area (Å²) in [7, 11) is -0.231. The molecule has 4 aromatic rings. The summed E-state index contributed by atoms with van der Waals surface area (Å²) in [5.74, 6) is 1.13. The number of nitrogen functional groups attached to an aromatic ring is 1. The maximum atomic E-state index is 6.84. The second-order valence-electron chi connectivity index (χ2n) is 11.2. The molecule has 0 aliphatic carbocycles. The Morgan fingerprint density at radius 1 is 0.974 bits per heavy atom. The van der Waals surface area contributed by atoms with Gasteiger partial charge in [-0.3, -0.25) is 4.57 Å². The van der Waals surface area contributed by atoms with Gasteiger partial charge in [-0.25, -0.2) is 15.0 Å². The number of methoxy groups -OCH3 is 1. The first kappa shape index (κ1) is 29.0. The molecule has 3 aromatic heterocycles. The van der Waals surface area contributed by atoms with E-state index in [9.17, 15) is 0 Å². The molecule has 0 saturated heterocycles. The molecule has 0 fully saturated rings. The van der Waals surface area contributed by atoms with E-state index in [0.29, 0.717) is 28.9 Å². The molecule has 8 nitrogen and oxygen atoms in total. The SMILES string of the molecule is COC(C)n1c(CCCO[Si](C(C)C)(C(C)C)C(C)C)nc(-c2ccc3ccoc3c2)c1-c1ccnc(N)n1. The van der Waals surface area contributed by atoms with Gasteiger partial charge in [0.1, 0.15) is 17.6 Å². The number of aryl methyl sites for hydroxylation is 1. The van der Waals surface area contributed by atoms with Gasteiger partial charge in [-0.1, -0.05) is 53.7 Å². The van der Waals surface area contributed by atoms with Crippen LogP contribution in [-0.4, -0.2) is 41.6 Å². The molecule has 1 unspecified atom stereocenters. The molecule has 0 saturated carbocycles. The van der Waals surface area contributed by atoms with Gasteiger partial charge in [-0.15, -0.1) is 0 Å². The van der Waals surface area contributed by atoms with Crippen LogP contribution in [-0.2, 0) is 15.6 Å². The van der Waals surface area contributed by atoms with E-state index in [4.69, 9.17) is 24.3 Å². The first-order valence-corrected chi connectivity index (χ1v) is 16.1. The molecular weight excluding hydrogens is 506 g/mol. The minimum absolute atomic E-state index is 0.213. The highest BCUT2D eigenvalue weighted by atomic mass is 28.4. The minimum atomic E-state index is -1.94. The Bertz CT molecular complexity index is 1370. The van der Waals surface area contributed by atoms with E-state index in [1.54, 1.807) is 19.6 Å². The van der Waals surface area contributed by atoms with E-state index in [0.717, 1.165) is 46.6 Å². The summed E-state index contributed by atoms with van der Waals surface area (Å²) in [4.78, 5) is 13.9. The Labute approximate surface area is 233 Å². The fraction of sp³-hybridized carbons (Fsp3) is 0.500. The molecule has 1 aromatic carbocycles. The molecule has 0 radical (unpaired) electrons. The van der Waals surface area contributed by atoms with Gasteiger partial charge in [0.25, 0.3) is 0 Å². The van der Waals surface area contributed by atoms with Crippen molar-refractivity contribution < 1.29 is 13.6 Å². The van der Waals surface area contributed by atoms with Gasteiger partial charge >= 0.3 is 0 Å². The van der Waals surface area contributed by atoms with Gasteiger partial charge in [-0.05, 0) is 48.2 Å². The Hall–Kier alpha value is -3.01. The van der Waals surface area contributed by atoms with Crippen molar-refractivity contribution in [1.82, 2.24) is 19.5 Å². The fourth-order valence-electron chi connectivity index (χ4n) is 6.19. The van der Waals surface area contributed by atoms with Gasteiger partial charge < -0.3 is 19.3 Å². The Morgan fingerprint density at radius 3 is 2.33 bits per heavy atom. The van der Waals surface area contributed by atoms with Crippen molar-refractivity contribution >= 4 is 25.2 Å². The third kappa shape index (κ3) is 5.66. The molecule has 0 aliphatic rings. The van der Waals surface area contributed by atoms with E-state index < -0.39 is 8.32 Å². The van der Waals surface area contributed by atoms with E-state index in [1.807, 2.05) is 31.2 Å². The summed E-state index contributed by atoms with van der Waals surface area (Å²) < 4.78 is 20.5. The quantitative estimate of drug-likeness (QED) is 0.143. The highest BCUT2D eigenvalue weighted by Gasteiger charge is 2.44. The Kier molecular flexibility index (Phi) is 8.93. The van der Waals surface area contributed by atoms with Gasteiger partial charge in [-0.2, -0.15) is 0 Å². The van der Waals surface area contributed by atoms with Crippen molar-refractivity contribution in [3.63, 3.8) is 0 Å². The Balaban J connectivity index is 1.74. The number of fused-ring (bicyclic) bond motifs is 1. The van der Waals surface area contributed by atoms with Crippen molar-refractivity contribution in [3.05, 3.63) is 48.6 Å².